The van der Waals surface area contributed by atoms with E-state index in [9.17, 15) is 9.59 Å². The highest BCUT2D eigenvalue weighted by Crippen LogP contribution is 2.30. The van der Waals surface area contributed by atoms with Gasteiger partial charge in [-0.3, -0.25) is 9.59 Å². The summed E-state index contributed by atoms with van der Waals surface area (Å²) in [6.45, 7) is 5.80. The van der Waals surface area contributed by atoms with Crippen LogP contribution in [-0.4, -0.2) is 41.9 Å². The lowest BCUT2D eigenvalue weighted by atomic mass is 9.94. The highest BCUT2D eigenvalue weighted by Gasteiger charge is 2.34. The van der Waals surface area contributed by atoms with Crippen LogP contribution >= 0.6 is 0 Å². The maximum absolute atomic E-state index is 12.2. The second-order valence-electron chi connectivity index (χ2n) is 6.17. The molecule has 2 fully saturated rings. The van der Waals surface area contributed by atoms with Crippen molar-refractivity contribution in [3.8, 4) is 0 Å². The first-order valence-corrected chi connectivity index (χ1v) is 7.32. The van der Waals surface area contributed by atoms with E-state index in [1.165, 1.54) is 12.8 Å². The van der Waals surface area contributed by atoms with Gasteiger partial charge in [0.05, 0.1) is 0 Å². The van der Waals surface area contributed by atoms with E-state index in [0.717, 1.165) is 32.0 Å². The Morgan fingerprint density at radius 1 is 1.16 bits per heavy atom. The van der Waals surface area contributed by atoms with Gasteiger partial charge in [0.25, 0.3) is 0 Å². The van der Waals surface area contributed by atoms with E-state index < -0.39 is 11.9 Å². The van der Waals surface area contributed by atoms with Gasteiger partial charge >= 0.3 is 0 Å². The number of likely N-dealkylation sites (tertiary alicyclic amines) is 1. The zero-order valence-corrected chi connectivity index (χ0v) is 11.9. The van der Waals surface area contributed by atoms with E-state index in [-0.39, 0.29) is 17.7 Å². The zero-order chi connectivity index (χ0) is 14.0. The lowest BCUT2D eigenvalue weighted by molar-refractivity contribution is -0.131. The van der Waals surface area contributed by atoms with Crippen LogP contribution in [0.3, 0.4) is 0 Å². The molecule has 0 spiro atoms. The van der Waals surface area contributed by atoms with Crippen molar-refractivity contribution in [1.29, 1.82) is 0 Å². The Kier molecular flexibility index (Phi) is 4.45. The molecule has 0 aromatic heterocycles. The summed E-state index contributed by atoms with van der Waals surface area (Å²) in [5.41, 5.74) is 5.32. The highest BCUT2D eigenvalue weighted by atomic mass is 16.2. The minimum absolute atomic E-state index is 0.00653. The summed E-state index contributed by atoms with van der Waals surface area (Å²) in [4.78, 5) is 26.0. The van der Waals surface area contributed by atoms with E-state index in [1.807, 2.05) is 13.8 Å². The molecule has 5 heteroatoms. The minimum Gasteiger partial charge on any atom is -0.368 e. The van der Waals surface area contributed by atoms with Crippen LogP contribution in [0.2, 0.25) is 0 Å². The quantitative estimate of drug-likeness (QED) is 0.761. The number of nitrogens with one attached hydrogen (secondary N) is 1. The van der Waals surface area contributed by atoms with Crippen molar-refractivity contribution < 1.29 is 9.59 Å². The second-order valence-corrected chi connectivity index (χ2v) is 6.17. The summed E-state index contributed by atoms with van der Waals surface area (Å²) < 4.78 is 0. The minimum atomic E-state index is -0.547. The third kappa shape index (κ3) is 3.69. The maximum atomic E-state index is 12.2. The van der Waals surface area contributed by atoms with E-state index in [0.29, 0.717) is 0 Å². The van der Waals surface area contributed by atoms with Crippen molar-refractivity contribution in [2.24, 2.45) is 17.6 Å². The van der Waals surface area contributed by atoms with Crippen molar-refractivity contribution >= 4 is 11.8 Å². The summed E-state index contributed by atoms with van der Waals surface area (Å²) in [7, 11) is 0. The maximum Gasteiger partial charge on any atom is 0.240 e. The molecule has 19 heavy (non-hydrogen) atoms. The van der Waals surface area contributed by atoms with Crippen LogP contribution in [0.5, 0.6) is 0 Å². The van der Waals surface area contributed by atoms with Gasteiger partial charge < -0.3 is 16.0 Å². The number of rotatable bonds is 5. The number of nitrogens with zero attached hydrogens (tertiary/aromatic N) is 1. The standard InChI is InChI=1S/C14H25N3O2/c1-9(2)12(13(15)18)16-14(19)10-5-7-17(8-6-10)11-3-4-11/h9-12H,3-8H2,1-2H3,(H2,15,18)(H,16,19)/t12-/m0/s1. The molecule has 1 heterocycles. The van der Waals surface area contributed by atoms with Gasteiger partial charge in [0.15, 0.2) is 0 Å². The molecule has 0 aromatic rings. The molecule has 0 radical (unpaired) electrons. The van der Waals surface area contributed by atoms with E-state index >= 15 is 0 Å². The van der Waals surface area contributed by atoms with Crippen LogP contribution < -0.4 is 11.1 Å². The van der Waals surface area contributed by atoms with Crippen molar-refractivity contribution in [3.05, 3.63) is 0 Å². The Morgan fingerprint density at radius 2 is 1.74 bits per heavy atom. The first kappa shape index (κ1) is 14.3. The highest BCUT2D eigenvalue weighted by molar-refractivity contribution is 5.87. The van der Waals surface area contributed by atoms with Gasteiger partial charge in [-0.2, -0.15) is 0 Å². The number of nitrogens with two attached hydrogens (primary N) is 1. The number of primary amides is 1. The van der Waals surface area contributed by atoms with Crippen molar-refractivity contribution in [3.63, 3.8) is 0 Å². The summed E-state index contributed by atoms with van der Waals surface area (Å²) in [6.07, 6.45) is 4.42. The number of amides is 2. The molecule has 0 bridgehead atoms. The van der Waals surface area contributed by atoms with Crippen molar-refractivity contribution in [2.45, 2.75) is 51.6 Å². The largest absolute Gasteiger partial charge is 0.368 e. The van der Waals surface area contributed by atoms with Gasteiger partial charge in [-0.1, -0.05) is 13.8 Å². The molecule has 108 valence electrons. The predicted octanol–water partition coefficient (Wildman–Crippen LogP) is 0.487. The van der Waals surface area contributed by atoms with Gasteiger partial charge in [-0.25, -0.2) is 0 Å². The molecule has 2 amide bonds. The van der Waals surface area contributed by atoms with Crippen LogP contribution in [-0.2, 0) is 9.59 Å². The van der Waals surface area contributed by atoms with E-state index in [1.54, 1.807) is 0 Å². The Balaban J connectivity index is 1.81. The van der Waals surface area contributed by atoms with E-state index in [4.69, 9.17) is 5.73 Å². The molecule has 1 aliphatic carbocycles. The lowest BCUT2D eigenvalue weighted by Gasteiger charge is -2.32. The second kappa shape index (κ2) is 5.90. The summed E-state index contributed by atoms with van der Waals surface area (Å²) in [5.74, 6) is -0.379. The monoisotopic (exact) mass is 267 g/mol. The zero-order valence-electron chi connectivity index (χ0n) is 11.9. The summed E-state index contributed by atoms with van der Waals surface area (Å²) in [6, 6.07) is 0.229. The van der Waals surface area contributed by atoms with Gasteiger partial charge in [-0.15, -0.1) is 0 Å². The van der Waals surface area contributed by atoms with Gasteiger partial charge in [0, 0.05) is 12.0 Å². The van der Waals surface area contributed by atoms with Crippen molar-refractivity contribution in [2.75, 3.05) is 13.1 Å². The Morgan fingerprint density at radius 3 is 2.16 bits per heavy atom. The molecule has 1 saturated carbocycles. The number of hydrogen-bond donors (Lipinski definition) is 2. The first-order valence-electron chi connectivity index (χ1n) is 7.32. The number of piperidine rings is 1. The molecule has 0 unspecified atom stereocenters. The first-order chi connectivity index (χ1) is 8.99. The van der Waals surface area contributed by atoms with Crippen LogP contribution in [0.1, 0.15) is 39.5 Å². The van der Waals surface area contributed by atoms with E-state index in [2.05, 4.69) is 10.2 Å². The normalized spacial score (nSPS) is 23.3. The number of hydrogen-bond acceptors (Lipinski definition) is 3. The SMILES string of the molecule is CC(C)[C@H](NC(=O)C1CCN(C2CC2)CC1)C(N)=O. The number of carbonyl (C=O) groups excluding carboxylic acids is 2. The molecule has 5 nitrogen and oxygen atoms in total. The van der Waals surface area contributed by atoms with Gasteiger partial charge in [0.2, 0.25) is 11.8 Å². The topological polar surface area (TPSA) is 75.4 Å². The fraction of sp³-hybridized carbons (Fsp3) is 0.857. The number of carbonyl (C=O) groups is 2. The molecule has 1 aliphatic heterocycles. The Labute approximate surface area is 114 Å². The van der Waals surface area contributed by atoms with Gasteiger partial charge in [-0.05, 0) is 44.7 Å². The van der Waals surface area contributed by atoms with Crippen LogP contribution in [0.4, 0.5) is 0 Å². The van der Waals surface area contributed by atoms with Crippen LogP contribution in [0, 0.1) is 11.8 Å². The molecule has 2 aliphatic rings. The Bertz CT molecular complexity index is 345. The fourth-order valence-electron chi connectivity index (χ4n) is 2.80. The molecular formula is C14H25N3O2. The smallest absolute Gasteiger partial charge is 0.240 e. The third-order valence-corrected chi connectivity index (χ3v) is 4.23. The molecule has 0 aromatic carbocycles. The Hall–Kier alpha value is -1.10. The average molecular weight is 267 g/mol. The summed E-state index contributed by atoms with van der Waals surface area (Å²) in [5, 5.41) is 2.81. The predicted molar refractivity (Wildman–Crippen MR) is 73.3 cm³/mol. The fourth-order valence-corrected chi connectivity index (χ4v) is 2.80. The molecule has 3 N–H and O–H groups in total. The average Bonchev–Trinajstić information content (AvgIpc) is 3.19. The summed E-state index contributed by atoms with van der Waals surface area (Å²) >= 11 is 0. The van der Waals surface area contributed by atoms with Crippen LogP contribution in [0.25, 0.3) is 0 Å². The molecule has 1 atom stereocenters. The lowest BCUT2D eigenvalue weighted by Crippen LogP contribution is -2.51. The third-order valence-electron chi connectivity index (χ3n) is 4.23. The molecule has 2 rings (SSSR count). The van der Waals surface area contributed by atoms with Crippen molar-refractivity contribution in [1.82, 2.24) is 10.2 Å². The van der Waals surface area contributed by atoms with Gasteiger partial charge in [0.1, 0.15) is 6.04 Å². The van der Waals surface area contributed by atoms with Crippen LogP contribution in [0.15, 0.2) is 0 Å². The molecule has 1 saturated heterocycles. The molecular weight excluding hydrogens is 242 g/mol.